The smallest absolute Gasteiger partial charge is 0.260 e. The van der Waals surface area contributed by atoms with E-state index in [-0.39, 0.29) is 22.2 Å². The minimum Gasteiger partial charge on any atom is -0.279 e. The fourth-order valence-corrected chi connectivity index (χ4v) is 8.12. The summed E-state index contributed by atoms with van der Waals surface area (Å²) in [5.41, 5.74) is 3.93. The van der Waals surface area contributed by atoms with Crippen LogP contribution in [0.3, 0.4) is 0 Å². The summed E-state index contributed by atoms with van der Waals surface area (Å²) in [6.07, 6.45) is 1.80. The van der Waals surface area contributed by atoms with Crippen molar-refractivity contribution in [3.05, 3.63) is 119 Å². The van der Waals surface area contributed by atoms with E-state index in [1.807, 2.05) is 54.6 Å². The lowest BCUT2D eigenvalue weighted by atomic mass is 10.0. The molecule has 5 aromatic rings. The molecule has 0 fully saturated rings. The average molecular weight is 618 g/mol. The number of rotatable bonds is 7. The van der Waals surface area contributed by atoms with Crippen molar-refractivity contribution in [2.45, 2.75) is 29.3 Å². The Balaban J connectivity index is 1.31. The van der Waals surface area contributed by atoms with E-state index in [1.165, 1.54) is 50.9 Å². The summed E-state index contributed by atoms with van der Waals surface area (Å²) >= 11 is 1.23. The predicted octanol–water partition coefficient (Wildman–Crippen LogP) is 5.29. The second kappa shape index (κ2) is 11.1. The first-order chi connectivity index (χ1) is 20.1. The molecule has 0 saturated carbocycles. The molecule has 42 heavy (non-hydrogen) atoms. The predicted molar refractivity (Wildman–Crippen MR) is 164 cm³/mol. The van der Waals surface area contributed by atoms with Crippen molar-refractivity contribution in [1.29, 1.82) is 0 Å². The lowest BCUT2D eigenvalue weighted by Crippen LogP contribution is -2.36. The van der Waals surface area contributed by atoms with Gasteiger partial charge in [0.05, 0.1) is 26.6 Å². The van der Waals surface area contributed by atoms with Gasteiger partial charge in [-0.05, 0) is 65.6 Å². The van der Waals surface area contributed by atoms with E-state index < -0.39 is 19.9 Å². The maximum Gasteiger partial charge on any atom is 0.260 e. The Morgan fingerprint density at radius 1 is 0.857 bits per heavy atom. The highest BCUT2D eigenvalue weighted by molar-refractivity contribution is 7.90. The summed E-state index contributed by atoms with van der Waals surface area (Å²) in [6.45, 7) is 0.928. The Morgan fingerprint density at radius 2 is 1.52 bits per heavy atom. The standard InChI is InChI=1S/C31H27N3O5S3/c1-41(36,37)27-15-16-28-29(19-27)40-31(32-28)34(20-22-7-3-2-4-8-22)30(35)24-11-13-26(14-12-24)42(38,39)33-18-17-23-9-5-6-10-25(23)21-33/h2-16,19H,17-18,20-21H2,1H3. The minimum absolute atomic E-state index is 0.126. The van der Waals surface area contributed by atoms with Gasteiger partial charge in [-0.3, -0.25) is 9.69 Å². The van der Waals surface area contributed by atoms with Crippen LogP contribution in [0.1, 0.15) is 27.0 Å². The van der Waals surface area contributed by atoms with Gasteiger partial charge in [-0.15, -0.1) is 0 Å². The first-order valence-electron chi connectivity index (χ1n) is 13.2. The Bertz CT molecular complexity index is 2010. The molecule has 0 unspecified atom stereocenters. The number of sulfone groups is 1. The lowest BCUT2D eigenvalue weighted by molar-refractivity contribution is 0.0985. The summed E-state index contributed by atoms with van der Waals surface area (Å²) < 4.78 is 53.2. The number of sulfonamides is 1. The lowest BCUT2D eigenvalue weighted by Gasteiger charge is -2.28. The number of thiazole rings is 1. The number of benzene rings is 4. The maximum absolute atomic E-state index is 13.9. The van der Waals surface area contributed by atoms with Crippen LogP contribution < -0.4 is 4.90 Å². The third-order valence-corrected chi connectivity index (χ3v) is 11.3. The Hall–Kier alpha value is -3.90. The van der Waals surface area contributed by atoms with E-state index in [2.05, 4.69) is 4.98 Å². The Kier molecular flexibility index (Phi) is 7.44. The average Bonchev–Trinajstić information content (AvgIpc) is 3.43. The first-order valence-corrected chi connectivity index (χ1v) is 17.4. The molecule has 0 radical (unpaired) electrons. The molecule has 0 aliphatic carbocycles. The molecule has 1 amide bonds. The number of nitrogens with zero attached hydrogens (tertiary/aromatic N) is 3. The van der Waals surface area contributed by atoms with Crippen molar-refractivity contribution in [3.63, 3.8) is 0 Å². The van der Waals surface area contributed by atoms with Gasteiger partial charge >= 0.3 is 0 Å². The molecule has 6 rings (SSSR count). The van der Waals surface area contributed by atoms with E-state index >= 15 is 0 Å². The number of anilines is 1. The summed E-state index contributed by atoms with van der Waals surface area (Å²) in [5.74, 6) is -0.350. The van der Waals surface area contributed by atoms with Gasteiger partial charge in [0.2, 0.25) is 10.0 Å². The molecule has 1 aliphatic heterocycles. The SMILES string of the molecule is CS(=O)(=O)c1ccc2nc(N(Cc3ccccc3)C(=O)c3ccc(S(=O)(=O)N4CCc5ccccc5C4)cc3)sc2c1. The van der Waals surface area contributed by atoms with Crippen LogP contribution in [0.25, 0.3) is 10.2 Å². The molecule has 4 aromatic carbocycles. The summed E-state index contributed by atoms with van der Waals surface area (Å²) in [5, 5.41) is 0.410. The summed E-state index contributed by atoms with van der Waals surface area (Å²) in [6, 6.07) is 28.0. The van der Waals surface area contributed by atoms with Crippen LogP contribution >= 0.6 is 11.3 Å². The van der Waals surface area contributed by atoms with E-state index in [4.69, 9.17) is 0 Å². The third-order valence-electron chi connectivity index (χ3n) is 7.27. The molecule has 1 aliphatic rings. The molecule has 0 saturated heterocycles. The molecule has 2 heterocycles. The van der Waals surface area contributed by atoms with E-state index in [9.17, 15) is 21.6 Å². The minimum atomic E-state index is -3.75. The second-order valence-electron chi connectivity index (χ2n) is 10.2. The fraction of sp³-hybridized carbons (Fsp3) is 0.161. The van der Waals surface area contributed by atoms with Crippen molar-refractivity contribution in [2.75, 3.05) is 17.7 Å². The van der Waals surface area contributed by atoms with E-state index in [1.54, 1.807) is 12.1 Å². The third kappa shape index (κ3) is 5.60. The van der Waals surface area contributed by atoms with Crippen molar-refractivity contribution in [2.24, 2.45) is 0 Å². The zero-order chi connectivity index (χ0) is 29.5. The van der Waals surface area contributed by atoms with Gasteiger partial charge in [0.15, 0.2) is 15.0 Å². The molecular weight excluding hydrogens is 591 g/mol. The van der Waals surface area contributed by atoms with Gasteiger partial charge in [0.1, 0.15) is 0 Å². The number of carbonyl (C=O) groups is 1. The number of aromatic nitrogens is 1. The number of hydrogen-bond donors (Lipinski definition) is 0. The number of hydrogen-bond acceptors (Lipinski definition) is 7. The largest absolute Gasteiger partial charge is 0.279 e. The zero-order valence-electron chi connectivity index (χ0n) is 22.7. The molecular formula is C31H27N3O5S3. The van der Waals surface area contributed by atoms with Gasteiger partial charge in [0.25, 0.3) is 5.91 Å². The van der Waals surface area contributed by atoms with Gasteiger partial charge in [-0.25, -0.2) is 21.8 Å². The molecule has 1 aromatic heterocycles. The van der Waals surface area contributed by atoms with Crippen molar-refractivity contribution < 1.29 is 21.6 Å². The van der Waals surface area contributed by atoms with Crippen LogP contribution in [0.2, 0.25) is 0 Å². The van der Waals surface area contributed by atoms with Crippen molar-refractivity contribution >= 4 is 52.5 Å². The summed E-state index contributed by atoms with van der Waals surface area (Å²) in [7, 11) is -7.16. The zero-order valence-corrected chi connectivity index (χ0v) is 25.1. The topological polar surface area (TPSA) is 105 Å². The van der Waals surface area contributed by atoms with Crippen LogP contribution in [0, 0.1) is 0 Å². The van der Waals surface area contributed by atoms with Gasteiger partial charge in [-0.2, -0.15) is 4.31 Å². The Labute approximate surface area is 248 Å². The van der Waals surface area contributed by atoms with Gasteiger partial charge < -0.3 is 0 Å². The van der Waals surface area contributed by atoms with Crippen LogP contribution in [-0.2, 0) is 39.4 Å². The number of fused-ring (bicyclic) bond motifs is 2. The molecule has 0 spiro atoms. The van der Waals surface area contributed by atoms with Crippen molar-refractivity contribution in [1.82, 2.24) is 9.29 Å². The highest BCUT2D eigenvalue weighted by Gasteiger charge is 2.29. The van der Waals surface area contributed by atoms with Crippen LogP contribution in [0.5, 0.6) is 0 Å². The highest BCUT2D eigenvalue weighted by atomic mass is 32.2. The molecule has 0 N–H and O–H groups in total. The van der Waals surface area contributed by atoms with E-state index in [0.717, 1.165) is 22.9 Å². The van der Waals surface area contributed by atoms with Crippen LogP contribution in [-0.4, -0.2) is 44.8 Å². The second-order valence-corrected chi connectivity index (χ2v) is 15.1. The first kappa shape index (κ1) is 28.2. The summed E-state index contributed by atoms with van der Waals surface area (Å²) in [4.78, 5) is 20.4. The molecule has 8 nitrogen and oxygen atoms in total. The van der Waals surface area contributed by atoms with E-state index in [0.29, 0.717) is 40.4 Å². The number of amides is 1. The highest BCUT2D eigenvalue weighted by Crippen LogP contribution is 2.33. The molecule has 0 bridgehead atoms. The molecule has 11 heteroatoms. The van der Waals surface area contributed by atoms with Crippen LogP contribution in [0.15, 0.2) is 107 Å². The van der Waals surface area contributed by atoms with Gasteiger partial charge in [-0.1, -0.05) is 65.9 Å². The quantitative estimate of drug-likeness (QED) is 0.246. The monoisotopic (exact) mass is 617 g/mol. The van der Waals surface area contributed by atoms with Crippen LogP contribution in [0.4, 0.5) is 5.13 Å². The normalized spacial score (nSPS) is 14.0. The van der Waals surface area contributed by atoms with Crippen molar-refractivity contribution in [3.8, 4) is 0 Å². The maximum atomic E-state index is 13.9. The number of carbonyl (C=O) groups excluding carboxylic acids is 1. The Morgan fingerprint density at radius 3 is 2.24 bits per heavy atom. The van der Waals surface area contributed by atoms with Gasteiger partial charge in [0, 0.05) is 24.9 Å². The molecule has 0 atom stereocenters. The molecule has 214 valence electrons. The fourth-order valence-electron chi connectivity index (χ4n) is 4.98.